The molecular formula is C20H14Cl2F2N2O5. The maximum atomic E-state index is 13.1. The van der Waals surface area contributed by atoms with E-state index in [1.165, 1.54) is 30.1 Å². The number of hydrogen-bond donors (Lipinski definition) is 0. The highest BCUT2D eigenvalue weighted by atomic mass is 35.5. The van der Waals surface area contributed by atoms with Crippen LogP contribution in [0.1, 0.15) is 21.8 Å². The van der Waals surface area contributed by atoms with E-state index < -0.39 is 12.2 Å². The van der Waals surface area contributed by atoms with Gasteiger partial charge in [-0.1, -0.05) is 40.5 Å². The lowest BCUT2D eigenvalue weighted by Crippen LogP contribution is -2.26. The SMILES string of the molecule is CN(Cc1ccc2c(c1)OC(F)(F)O2)C(=O)c1cc(COc2c(Cl)cccc2Cl)on1. The van der Waals surface area contributed by atoms with Gasteiger partial charge in [0.25, 0.3) is 5.91 Å². The van der Waals surface area contributed by atoms with Crippen LogP contribution >= 0.6 is 23.2 Å². The van der Waals surface area contributed by atoms with E-state index in [1.807, 2.05) is 0 Å². The summed E-state index contributed by atoms with van der Waals surface area (Å²) in [5.74, 6) is -0.0163. The first kappa shape index (κ1) is 21.2. The van der Waals surface area contributed by atoms with Crippen molar-refractivity contribution in [3.63, 3.8) is 0 Å². The average molecular weight is 471 g/mol. The normalized spacial score (nSPS) is 13.8. The largest absolute Gasteiger partial charge is 0.586 e. The van der Waals surface area contributed by atoms with Crippen molar-refractivity contribution in [2.45, 2.75) is 19.4 Å². The van der Waals surface area contributed by atoms with E-state index in [0.717, 1.165) is 0 Å². The van der Waals surface area contributed by atoms with Gasteiger partial charge in [-0.3, -0.25) is 4.79 Å². The van der Waals surface area contributed by atoms with Crippen LogP contribution in [0.25, 0.3) is 0 Å². The molecule has 3 aromatic rings. The van der Waals surface area contributed by atoms with Crippen molar-refractivity contribution in [2.75, 3.05) is 7.05 Å². The van der Waals surface area contributed by atoms with Gasteiger partial charge in [0.05, 0.1) is 10.0 Å². The maximum Gasteiger partial charge on any atom is 0.586 e. The van der Waals surface area contributed by atoms with Gasteiger partial charge in [0.2, 0.25) is 0 Å². The number of amides is 1. The Labute approximate surface area is 185 Å². The molecule has 162 valence electrons. The third-order valence-corrected chi connectivity index (χ3v) is 4.88. The monoisotopic (exact) mass is 470 g/mol. The first-order valence-electron chi connectivity index (χ1n) is 8.88. The lowest BCUT2D eigenvalue weighted by Gasteiger charge is -2.15. The molecule has 0 fully saturated rings. The number of benzene rings is 2. The zero-order chi connectivity index (χ0) is 22.2. The summed E-state index contributed by atoms with van der Waals surface area (Å²) >= 11 is 12.1. The minimum Gasteiger partial charge on any atom is -0.482 e. The van der Waals surface area contributed by atoms with Crippen LogP contribution in [-0.4, -0.2) is 29.3 Å². The Bertz CT molecular complexity index is 1120. The summed E-state index contributed by atoms with van der Waals surface area (Å²) in [4.78, 5) is 14.0. The van der Waals surface area contributed by atoms with Crippen molar-refractivity contribution < 1.29 is 32.3 Å². The van der Waals surface area contributed by atoms with Gasteiger partial charge in [-0.2, -0.15) is 0 Å². The fourth-order valence-electron chi connectivity index (χ4n) is 2.88. The molecule has 2 aromatic carbocycles. The highest BCUT2D eigenvalue weighted by Crippen LogP contribution is 2.41. The molecule has 4 rings (SSSR count). The predicted octanol–water partition coefficient (Wildman–Crippen LogP) is 5.15. The number of fused-ring (bicyclic) bond motifs is 1. The van der Waals surface area contributed by atoms with Gasteiger partial charge in [0.1, 0.15) is 6.61 Å². The second-order valence-electron chi connectivity index (χ2n) is 6.63. The van der Waals surface area contributed by atoms with Crippen molar-refractivity contribution in [2.24, 2.45) is 0 Å². The van der Waals surface area contributed by atoms with Gasteiger partial charge in [-0.05, 0) is 29.8 Å². The van der Waals surface area contributed by atoms with Gasteiger partial charge in [-0.15, -0.1) is 8.78 Å². The summed E-state index contributed by atoms with van der Waals surface area (Å²) in [5, 5.41) is 4.43. The fraction of sp³-hybridized carbons (Fsp3) is 0.200. The molecule has 2 heterocycles. The van der Waals surface area contributed by atoms with Crippen LogP contribution in [0.3, 0.4) is 0 Å². The number of carbonyl (C=O) groups is 1. The molecule has 11 heteroatoms. The van der Waals surface area contributed by atoms with Crippen molar-refractivity contribution in [1.82, 2.24) is 10.1 Å². The molecule has 1 aliphatic heterocycles. The van der Waals surface area contributed by atoms with Crippen LogP contribution in [0, 0.1) is 0 Å². The number of carbonyl (C=O) groups excluding carboxylic acids is 1. The van der Waals surface area contributed by atoms with Gasteiger partial charge in [0, 0.05) is 19.7 Å². The molecule has 1 aliphatic rings. The summed E-state index contributed by atoms with van der Waals surface area (Å²) in [6, 6.07) is 10.7. The number of halogens is 4. The molecule has 0 saturated heterocycles. The minimum absolute atomic E-state index is 0.0379. The Kier molecular flexibility index (Phi) is 5.63. The highest BCUT2D eigenvalue weighted by molar-refractivity contribution is 6.37. The fourth-order valence-corrected chi connectivity index (χ4v) is 3.39. The van der Waals surface area contributed by atoms with Crippen LogP contribution in [0.15, 0.2) is 47.0 Å². The number of hydrogen-bond acceptors (Lipinski definition) is 6. The Balaban J connectivity index is 1.38. The third kappa shape index (κ3) is 4.67. The van der Waals surface area contributed by atoms with Crippen molar-refractivity contribution in [1.29, 1.82) is 0 Å². The van der Waals surface area contributed by atoms with Gasteiger partial charge in [-0.25, -0.2) is 0 Å². The molecule has 0 aliphatic carbocycles. The van der Waals surface area contributed by atoms with E-state index in [2.05, 4.69) is 14.6 Å². The summed E-state index contributed by atoms with van der Waals surface area (Å²) in [6.45, 7) is 0.0821. The molecule has 7 nitrogen and oxygen atoms in total. The van der Waals surface area contributed by atoms with E-state index >= 15 is 0 Å². The minimum atomic E-state index is -3.70. The Morgan fingerprint density at radius 2 is 1.84 bits per heavy atom. The van der Waals surface area contributed by atoms with E-state index in [-0.39, 0.29) is 36.1 Å². The summed E-state index contributed by atoms with van der Waals surface area (Å²) in [6.07, 6.45) is -3.70. The zero-order valence-electron chi connectivity index (χ0n) is 15.9. The van der Waals surface area contributed by atoms with Crippen molar-refractivity contribution in [3.8, 4) is 17.2 Å². The lowest BCUT2D eigenvalue weighted by molar-refractivity contribution is -0.286. The quantitative estimate of drug-likeness (QED) is 0.495. The Morgan fingerprint density at radius 3 is 2.58 bits per heavy atom. The second kappa shape index (κ2) is 8.24. The van der Waals surface area contributed by atoms with Crippen molar-refractivity contribution in [3.05, 3.63) is 69.5 Å². The molecular weight excluding hydrogens is 457 g/mol. The van der Waals surface area contributed by atoms with E-state index in [0.29, 0.717) is 21.4 Å². The van der Waals surface area contributed by atoms with E-state index in [1.54, 1.807) is 24.3 Å². The number of ether oxygens (including phenoxy) is 3. The predicted molar refractivity (Wildman–Crippen MR) is 106 cm³/mol. The molecule has 0 atom stereocenters. The molecule has 0 unspecified atom stereocenters. The lowest BCUT2D eigenvalue weighted by atomic mass is 10.2. The third-order valence-electron chi connectivity index (χ3n) is 4.29. The smallest absolute Gasteiger partial charge is 0.482 e. The van der Waals surface area contributed by atoms with Crippen LogP contribution in [-0.2, 0) is 13.2 Å². The number of alkyl halides is 2. The number of nitrogens with zero attached hydrogens (tertiary/aromatic N) is 2. The molecule has 0 spiro atoms. The Hall–Kier alpha value is -3.04. The topological polar surface area (TPSA) is 74.0 Å². The molecule has 0 radical (unpaired) electrons. The second-order valence-corrected chi connectivity index (χ2v) is 7.44. The van der Waals surface area contributed by atoms with Crippen molar-refractivity contribution >= 4 is 29.1 Å². The maximum absolute atomic E-state index is 13.1. The first-order chi connectivity index (χ1) is 14.7. The first-order valence-corrected chi connectivity index (χ1v) is 9.64. The zero-order valence-corrected chi connectivity index (χ0v) is 17.4. The molecule has 1 aromatic heterocycles. The molecule has 0 saturated carbocycles. The van der Waals surface area contributed by atoms with E-state index in [4.69, 9.17) is 32.5 Å². The number of para-hydroxylation sites is 1. The summed E-state index contributed by atoms with van der Waals surface area (Å²) in [7, 11) is 1.54. The molecule has 31 heavy (non-hydrogen) atoms. The van der Waals surface area contributed by atoms with Crippen LogP contribution in [0.4, 0.5) is 8.78 Å². The van der Waals surface area contributed by atoms with Gasteiger partial charge in [0.15, 0.2) is 28.7 Å². The summed E-state index contributed by atoms with van der Waals surface area (Å²) < 4.78 is 45.8. The molecule has 0 N–H and O–H groups in total. The Morgan fingerprint density at radius 1 is 1.13 bits per heavy atom. The highest BCUT2D eigenvalue weighted by Gasteiger charge is 2.43. The van der Waals surface area contributed by atoms with Gasteiger partial charge >= 0.3 is 6.29 Å². The van der Waals surface area contributed by atoms with Crippen LogP contribution in [0.2, 0.25) is 10.0 Å². The van der Waals surface area contributed by atoms with E-state index in [9.17, 15) is 13.6 Å². The molecule has 1 amide bonds. The van der Waals surface area contributed by atoms with Crippen LogP contribution < -0.4 is 14.2 Å². The number of rotatable bonds is 6. The average Bonchev–Trinajstić information content (AvgIpc) is 3.29. The standard InChI is InChI=1S/C20H14Cl2F2N2O5/c1-26(9-11-5-6-16-17(7-11)30-20(23,24)29-16)19(27)15-8-12(31-25-15)10-28-18-13(21)3-2-4-14(18)22/h2-8H,9-10H2,1H3. The van der Waals surface area contributed by atoms with Gasteiger partial charge < -0.3 is 23.6 Å². The molecule has 0 bridgehead atoms. The summed E-state index contributed by atoms with van der Waals surface area (Å²) in [5.41, 5.74) is 0.620. The van der Waals surface area contributed by atoms with Crippen LogP contribution in [0.5, 0.6) is 17.2 Å². The number of aromatic nitrogens is 1.